The summed E-state index contributed by atoms with van der Waals surface area (Å²) in [7, 11) is -2.10. The number of esters is 1. The summed E-state index contributed by atoms with van der Waals surface area (Å²) in [6.45, 7) is 18.5. The molecule has 2 atom stereocenters. The highest BCUT2D eigenvalue weighted by atomic mass is 31.2. The fourth-order valence-corrected chi connectivity index (χ4v) is 14.7. The van der Waals surface area contributed by atoms with Gasteiger partial charge in [0.2, 0.25) is 0 Å². The molecule has 42 heavy (non-hydrogen) atoms. The molecule has 3 aromatic rings. The molecule has 1 heterocycles. The van der Waals surface area contributed by atoms with Gasteiger partial charge in [0.05, 0.1) is 6.61 Å². The second-order valence-corrected chi connectivity index (χ2v) is 19.5. The van der Waals surface area contributed by atoms with E-state index >= 15 is 0 Å². The molecule has 1 unspecified atom stereocenters. The molecule has 8 nitrogen and oxygen atoms in total. The van der Waals surface area contributed by atoms with Crippen LogP contribution in [0.4, 0.5) is 0 Å². The third kappa shape index (κ3) is 7.31. The Labute approximate surface area is 253 Å². The summed E-state index contributed by atoms with van der Waals surface area (Å²) >= 11 is 0. The maximum absolute atomic E-state index is 14.5. The molecule has 0 radical (unpaired) electrons. The molecule has 10 heteroatoms. The van der Waals surface area contributed by atoms with Crippen molar-refractivity contribution in [1.82, 2.24) is 14.2 Å². The van der Waals surface area contributed by atoms with E-state index in [4.69, 9.17) is 13.8 Å². The van der Waals surface area contributed by atoms with E-state index in [9.17, 15) is 9.36 Å². The predicted octanol–water partition coefficient (Wildman–Crippen LogP) is 7.88. The minimum Gasteiger partial charge on any atom is -0.465 e. The van der Waals surface area contributed by atoms with Gasteiger partial charge in [-0.1, -0.05) is 65.8 Å². The normalized spacial score (nSPS) is 14.5. The number of nitrogens with one attached hydrogen (secondary N) is 1. The zero-order chi connectivity index (χ0) is 31.2. The van der Waals surface area contributed by atoms with Crippen molar-refractivity contribution in [3.8, 4) is 11.5 Å². The molecular formula is C32H50N3O5PSi. The van der Waals surface area contributed by atoms with Gasteiger partial charge in [0, 0.05) is 17.4 Å². The van der Waals surface area contributed by atoms with Crippen molar-refractivity contribution in [1.29, 1.82) is 0 Å². The molecule has 0 spiro atoms. The highest BCUT2D eigenvalue weighted by molar-refractivity contribution is 7.52. The van der Waals surface area contributed by atoms with Gasteiger partial charge in [0.15, 0.2) is 8.24 Å². The summed E-state index contributed by atoms with van der Waals surface area (Å²) in [5, 5.41) is 3.76. The molecule has 0 aliphatic heterocycles. The van der Waals surface area contributed by atoms with Gasteiger partial charge in [-0.05, 0) is 87.0 Å². The van der Waals surface area contributed by atoms with Gasteiger partial charge >= 0.3 is 13.7 Å². The second kappa shape index (κ2) is 14.3. The maximum Gasteiger partial charge on any atom is 0.513 e. The highest BCUT2D eigenvalue weighted by Gasteiger charge is 2.46. The van der Waals surface area contributed by atoms with E-state index in [1.54, 1.807) is 38.1 Å². The molecular weight excluding hydrogens is 565 g/mol. The van der Waals surface area contributed by atoms with E-state index in [2.05, 4.69) is 82.1 Å². The lowest BCUT2D eigenvalue weighted by molar-refractivity contribution is -0.144. The zero-order valence-electron chi connectivity index (χ0n) is 27.0. The molecule has 0 fully saturated rings. The third-order valence-electron chi connectivity index (χ3n) is 8.07. The van der Waals surface area contributed by atoms with Gasteiger partial charge in [-0.25, -0.2) is 4.57 Å². The minimum atomic E-state index is -4.11. The average Bonchev–Trinajstić information content (AvgIpc) is 3.27. The molecule has 0 aliphatic rings. The Morgan fingerprint density at radius 1 is 0.929 bits per heavy atom. The first-order valence-electron chi connectivity index (χ1n) is 15.0. The lowest BCUT2D eigenvalue weighted by Gasteiger charge is -2.44. The summed E-state index contributed by atoms with van der Waals surface area (Å²) in [5.41, 5.74) is 3.67. The van der Waals surface area contributed by atoms with Crippen molar-refractivity contribution < 1.29 is 23.1 Å². The van der Waals surface area contributed by atoms with Gasteiger partial charge in [0.25, 0.3) is 0 Å². The largest absolute Gasteiger partial charge is 0.513 e. The molecule has 0 saturated heterocycles. The van der Waals surface area contributed by atoms with Crippen LogP contribution in [-0.2, 0) is 20.5 Å². The molecule has 0 aliphatic carbocycles. The zero-order valence-corrected chi connectivity index (χ0v) is 28.9. The fourth-order valence-electron chi connectivity index (χ4n) is 6.48. The number of ether oxygens (including phenoxy) is 1. The molecule has 1 aromatic heterocycles. The van der Waals surface area contributed by atoms with Crippen molar-refractivity contribution in [2.24, 2.45) is 0 Å². The molecule has 0 bridgehead atoms. The number of aromatic nitrogens is 1. The summed E-state index contributed by atoms with van der Waals surface area (Å²) in [6, 6.07) is 13.9. The van der Waals surface area contributed by atoms with E-state index in [0.717, 1.165) is 29.4 Å². The van der Waals surface area contributed by atoms with E-state index < -0.39 is 28.0 Å². The lowest BCUT2D eigenvalue weighted by atomic mass is 10.1. The van der Waals surface area contributed by atoms with Crippen molar-refractivity contribution in [3.63, 3.8) is 0 Å². The Hall–Kier alpha value is -2.58. The summed E-state index contributed by atoms with van der Waals surface area (Å²) in [4.78, 5) is 14.7. The van der Waals surface area contributed by atoms with Gasteiger partial charge in [-0.3, -0.25) is 4.79 Å². The number of fused-ring (bicyclic) bond motifs is 1. The van der Waals surface area contributed by atoms with Crippen LogP contribution in [-0.4, -0.2) is 56.6 Å². The van der Waals surface area contributed by atoms with Crippen LogP contribution in [0.15, 0.2) is 54.7 Å². The van der Waals surface area contributed by atoms with Crippen molar-refractivity contribution >= 4 is 32.9 Å². The van der Waals surface area contributed by atoms with Crippen LogP contribution >= 0.6 is 7.75 Å². The van der Waals surface area contributed by atoms with Crippen molar-refractivity contribution in [2.45, 2.75) is 84.5 Å². The summed E-state index contributed by atoms with van der Waals surface area (Å²) in [5.74, 6) is 0.297. The van der Waals surface area contributed by atoms with E-state index in [1.807, 2.05) is 18.2 Å². The van der Waals surface area contributed by atoms with Crippen LogP contribution in [0.1, 0.15) is 61.0 Å². The highest BCUT2D eigenvalue weighted by Crippen LogP contribution is 2.50. The van der Waals surface area contributed by atoms with Gasteiger partial charge in [-0.2, -0.15) is 5.09 Å². The van der Waals surface area contributed by atoms with Gasteiger partial charge < -0.3 is 22.9 Å². The van der Waals surface area contributed by atoms with Crippen LogP contribution < -0.4 is 14.1 Å². The number of likely N-dealkylation sites (N-methyl/N-ethyl adjacent to an activating group) is 1. The Bertz CT molecular complexity index is 1350. The van der Waals surface area contributed by atoms with Crippen LogP contribution in [0.3, 0.4) is 0 Å². The lowest BCUT2D eigenvalue weighted by Crippen LogP contribution is -2.51. The van der Waals surface area contributed by atoms with Gasteiger partial charge in [-0.15, -0.1) is 0 Å². The quantitative estimate of drug-likeness (QED) is 0.106. The Morgan fingerprint density at radius 2 is 1.55 bits per heavy atom. The average molecular weight is 616 g/mol. The first kappa shape index (κ1) is 33.9. The Morgan fingerprint density at radius 3 is 2.10 bits per heavy atom. The number of hydrogen-bond acceptors (Lipinski definition) is 6. The van der Waals surface area contributed by atoms with E-state index in [0.29, 0.717) is 28.1 Å². The first-order chi connectivity index (χ1) is 19.8. The number of carbonyl (C=O) groups is 1. The van der Waals surface area contributed by atoms with Gasteiger partial charge in [0.1, 0.15) is 17.5 Å². The fraction of sp³-hybridized carbons (Fsp3) is 0.531. The van der Waals surface area contributed by atoms with E-state index in [1.165, 1.54) is 0 Å². The Balaban J connectivity index is 2.24. The van der Waals surface area contributed by atoms with E-state index in [-0.39, 0.29) is 6.61 Å². The summed E-state index contributed by atoms with van der Waals surface area (Å²) < 4.78 is 34.5. The second-order valence-electron chi connectivity index (χ2n) is 12.2. The van der Waals surface area contributed by atoms with Crippen LogP contribution in [0.25, 0.3) is 10.9 Å². The molecule has 0 amide bonds. The third-order valence-corrected chi connectivity index (χ3v) is 16.4. The molecule has 232 valence electrons. The number of para-hydroxylation sites is 1. The monoisotopic (exact) mass is 615 g/mol. The molecule has 2 aromatic carbocycles. The summed E-state index contributed by atoms with van der Waals surface area (Å²) in [6.07, 6.45) is 3.12. The van der Waals surface area contributed by atoms with Crippen LogP contribution in [0, 0.1) is 0 Å². The van der Waals surface area contributed by atoms with Crippen molar-refractivity contribution in [2.75, 3.05) is 27.2 Å². The first-order valence-corrected chi connectivity index (χ1v) is 18.8. The topological polar surface area (TPSA) is 82.0 Å². The molecule has 3 rings (SSSR count). The molecule has 0 saturated carbocycles. The van der Waals surface area contributed by atoms with Crippen LogP contribution in [0.2, 0.25) is 16.6 Å². The predicted molar refractivity (Wildman–Crippen MR) is 175 cm³/mol. The SMILES string of the molecule is CCOC(=O)[C@@H](C)NP(=O)(Oc1ccccc1)Oc1cccc2c1c(CCN(C)C)cn2[Si](C(C)C)(C(C)C)C(C)C. The Kier molecular flexibility index (Phi) is 11.5. The smallest absolute Gasteiger partial charge is 0.465 e. The molecule has 1 N–H and O–H groups in total. The number of benzene rings is 2. The van der Waals surface area contributed by atoms with Crippen molar-refractivity contribution in [3.05, 3.63) is 60.3 Å². The van der Waals surface area contributed by atoms with Crippen LogP contribution in [0.5, 0.6) is 11.5 Å². The number of nitrogens with zero attached hydrogens (tertiary/aromatic N) is 2. The number of rotatable bonds is 15. The number of hydrogen-bond donors (Lipinski definition) is 1. The number of carbonyl (C=O) groups excluding carboxylic acids is 1. The maximum atomic E-state index is 14.5. The minimum absolute atomic E-state index is 0.213. The standard InChI is InChI=1S/C32H50N3O5PSi/c1-11-38-32(36)26(8)33-41(37,39-28-16-13-12-14-17-28)40-30-19-15-18-29-31(30)27(20-21-34(9)10)22-35(29)42(23(2)3,24(4)5)25(6)7/h12-19,22-26H,11,20-21H2,1-10H3,(H,33,37)/t26-,41?/m1/s1.